The van der Waals surface area contributed by atoms with Gasteiger partial charge in [0, 0.05) is 23.4 Å². The highest BCUT2D eigenvalue weighted by Crippen LogP contribution is 2.40. The number of fused-ring (bicyclic) bond motifs is 1. The number of carbonyl (C=O) groups excluding carboxylic acids is 1. The van der Waals surface area contributed by atoms with Crippen molar-refractivity contribution < 1.29 is 4.79 Å². The number of Topliss-reactive ketones (excluding diaryl/α,β-unsaturated/α-hetero) is 1. The number of rotatable bonds is 2. The summed E-state index contributed by atoms with van der Waals surface area (Å²) in [5.74, 6) is 0.102. The van der Waals surface area contributed by atoms with E-state index < -0.39 is 0 Å². The van der Waals surface area contributed by atoms with Gasteiger partial charge in [-0.3, -0.25) is 9.80 Å². The maximum atomic E-state index is 12.4. The van der Waals surface area contributed by atoms with Gasteiger partial charge < -0.3 is 0 Å². The molecule has 0 N–H and O–H groups in total. The Bertz CT molecular complexity index is 842. The van der Waals surface area contributed by atoms with E-state index in [-0.39, 0.29) is 5.78 Å². The number of allylic oxidation sites excluding steroid dienone is 1. The fraction of sp³-hybridized carbons (Fsp3) is 0.111. The van der Waals surface area contributed by atoms with Gasteiger partial charge in [0.25, 0.3) is 0 Å². The molecule has 2 aromatic rings. The molecule has 2 aromatic carbocycles. The molecular weight excluding hydrogens is 328 g/mol. The number of hydrogen-bond acceptors (Lipinski definition) is 4. The molecule has 0 spiro atoms. The molecule has 3 nitrogen and oxygen atoms in total. The highest BCUT2D eigenvalue weighted by atomic mass is 35.5. The highest BCUT2D eigenvalue weighted by Gasteiger charge is 2.25. The van der Waals surface area contributed by atoms with Crippen molar-refractivity contribution in [3.05, 3.63) is 64.6 Å². The lowest BCUT2D eigenvalue weighted by molar-refractivity contribution is 0.104. The number of halogens is 1. The monoisotopic (exact) mass is 340 g/mol. The minimum atomic E-state index is 0.102. The standard InChI is InChI=1S/C18H13ClN2OS/c19-17-9-10-21(20-17)13-7-5-12(6-8-13)11-16-18(22)14-3-1-2-4-15(14)23-16/h1-8,11H,9-10H2/b16-11-. The van der Waals surface area contributed by atoms with Crippen LogP contribution in [0.5, 0.6) is 0 Å². The minimum Gasteiger partial charge on any atom is -0.288 e. The number of hydrazone groups is 1. The van der Waals surface area contributed by atoms with Crippen LogP contribution >= 0.6 is 23.4 Å². The Hall–Kier alpha value is -2.04. The second-order valence-corrected chi connectivity index (χ2v) is 6.90. The number of hydrogen-bond donors (Lipinski definition) is 0. The van der Waals surface area contributed by atoms with E-state index in [0.29, 0.717) is 5.17 Å². The van der Waals surface area contributed by atoms with Crippen molar-refractivity contribution >= 4 is 46.1 Å². The molecule has 23 heavy (non-hydrogen) atoms. The van der Waals surface area contributed by atoms with Gasteiger partial charge in [0.15, 0.2) is 0 Å². The number of carbonyl (C=O) groups is 1. The van der Waals surface area contributed by atoms with E-state index in [4.69, 9.17) is 11.6 Å². The Morgan fingerprint density at radius 3 is 2.61 bits per heavy atom. The maximum absolute atomic E-state index is 12.4. The molecule has 5 heteroatoms. The molecule has 4 rings (SSSR count). The van der Waals surface area contributed by atoms with Gasteiger partial charge in [-0.2, -0.15) is 5.10 Å². The van der Waals surface area contributed by atoms with Crippen molar-refractivity contribution in [3.8, 4) is 0 Å². The van der Waals surface area contributed by atoms with Crippen LogP contribution in [0.3, 0.4) is 0 Å². The maximum Gasteiger partial charge on any atom is 0.200 e. The Labute approximate surface area is 143 Å². The van der Waals surface area contributed by atoms with Crippen LogP contribution in [-0.4, -0.2) is 17.5 Å². The Morgan fingerprint density at radius 1 is 1.13 bits per heavy atom. The summed E-state index contributed by atoms with van der Waals surface area (Å²) >= 11 is 7.45. The first kappa shape index (κ1) is 14.5. The van der Waals surface area contributed by atoms with Gasteiger partial charge in [-0.25, -0.2) is 0 Å². The summed E-state index contributed by atoms with van der Waals surface area (Å²) < 4.78 is 0. The molecule has 0 radical (unpaired) electrons. The molecular formula is C18H13ClN2OS. The molecule has 0 saturated heterocycles. The molecule has 0 bridgehead atoms. The lowest BCUT2D eigenvalue weighted by atomic mass is 10.1. The van der Waals surface area contributed by atoms with Gasteiger partial charge in [0.2, 0.25) is 5.78 Å². The van der Waals surface area contributed by atoms with Crippen molar-refractivity contribution in [1.29, 1.82) is 0 Å². The number of ketones is 1. The fourth-order valence-corrected chi connectivity index (χ4v) is 3.87. The number of thioether (sulfide) groups is 1. The fourth-order valence-electron chi connectivity index (χ4n) is 2.65. The third-order valence-electron chi connectivity index (χ3n) is 3.82. The number of nitrogens with zero attached hydrogens (tertiary/aromatic N) is 2. The summed E-state index contributed by atoms with van der Waals surface area (Å²) in [6, 6.07) is 15.7. The lowest BCUT2D eigenvalue weighted by Crippen LogP contribution is -2.11. The zero-order valence-corrected chi connectivity index (χ0v) is 13.8. The summed E-state index contributed by atoms with van der Waals surface area (Å²) in [4.78, 5) is 14.2. The predicted molar refractivity (Wildman–Crippen MR) is 96.3 cm³/mol. The third kappa shape index (κ3) is 2.80. The van der Waals surface area contributed by atoms with Gasteiger partial charge in [-0.15, -0.1) is 0 Å². The minimum absolute atomic E-state index is 0.102. The van der Waals surface area contributed by atoms with E-state index in [1.807, 2.05) is 59.6 Å². The van der Waals surface area contributed by atoms with Crippen LogP contribution < -0.4 is 5.01 Å². The second kappa shape index (κ2) is 5.87. The Kier molecular flexibility index (Phi) is 3.71. The van der Waals surface area contributed by atoms with Gasteiger partial charge >= 0.3 is 0 Å². The van der Waals surface area contributed by atoms with E-state index in [2.05, 4.69) is 5.10 Å². The third-order valence-corrected chi connectivity index (χ3v) is 5.19. The van der Waals surface area contributed by atoms with Gasteiger partial charge in [-0.1, -0.05) is 47.6 Å². The molecule has 0 atom stereocenters. The number of anilines is 1. The van der Waals surface area contributed by atoms with Crippen molar-refractivity contribution in [1.82, 2.24) is 0 Å². The van der Waals surface area contributed by atoms with Crippen LogP contribution in [0.1, 0.15) is 22.3 Å². The van der Waals surface area contributed by atoms with Gasteiger partial charge in [0.05, 0.1) is 10.6 Å². The molecule has 2 aliphatic heterocycles. The molecule has 0 amide bonds. The second-order valence-electron chi connectivity index (χ2n) is 5.38. The molecule has 0 unspecified atom stereocenters. The van der Waals surface area contributed by atoms with E-state index in [0.717, 1.165) is 39.6 Å². The van der Waals surface area contributed by atoms with Crippen molar-refractivity contribution in [3.63, 3.8) is 0 Å². The average Bonchev–Trinajstić information content (AvgIpc) is 3.13. The lowest BCUT2D eigenvalue weighted by Gasteiger charge is -2.13. The summed E-state index contributed by atoms with van der Waals surface area (Å²) in [5, 5.41) is 6.81. The zero-order chi connectivity index (χ0) is 15.8. The Balaban J connectivity index is 1.57. The summed E-state index contributed by atoms with van der Waals surface area (Å²) in [6.07, 6.45) is 2.73. The summed E-state index contributed by atoms with van der Waals surface area (Å²) in [5.41, 5.74) is 2.81. The predicted octanol–water partition coefficient (Wildman–Crippen LogP) is 4.78. The van der Waals surface area contributed by atoms with Crippen LogP contribution in [0.4, 0.5) is 5.69 Å². The largest absolute Gasteiger partial charge is 0.288 e. The molecule has 2 aliphatic rings. The molecule has 0 saturated carbocycles. The number of benzene rings is 2. The van der Waals surface area contributed by atoms with Crippen molar-refractivity contribution in [2.24, 2.45) is 5.10 Å². The SMILES string of the molecule is O=C1/C(=C/c2ccc(N3CCC(Cl)=N3)cc2)Sc2ccccc21. The molecule has 0 aliphatic carbocycles. The van der Waals surface area contributed by atoms with Crippen LogP contribution in [0.15, 0.2) is 63.4 Å². The first-order valence-corrected chi connectivity index (χ1v) is 8.54. The zero-order valence-electron chi connectivity index (χ0n) is 12.2. The summed E-state index contributed by atoms with van der Waals surface area (Å²) in [7, 11) is 0. The first-order chi connectivity index (χ1) is 11.2. The highest BCUT2D eigenvalue weighted by molar-refractivity contribution is 8.04. The average molecular weight is 341 g/mol. The first-order valence-electron chi connectivity index (χ1n) is 7.34. The molecule has 0 aromatic heterocycles. The molecule has 114 valence electrons. The van der Waals surface area contributed by atoms with E-state index in [1.165, 1.54) is 11.8 Å². The van der Waals surface area contributed by atoms with Crippen LogP contribution in [0.25, 0.3) is 6.08 Å². The quantitative estimate of drug-likeness (QED) is 0.738. The molecule has 0 fully saturated rings. The smallest absolute Gasteiger partial charge is 0.200 e. The van der Waals surface area contributed by atoms with E-state index in [1.54, 1.807) is 0 Å². The van der Waals surface area contributed by atoms with E-state index in [9.17, 15) is 4.79 Å². The Morgan fingerprint density at radius 2 is 1.91 bits per heavy atom. The molecule has 2 heterocycles. The van der Waals surface area contributed by atoms with Gasteiger partial charge in [-0.05, 0) is 35.9 Å². The van der Waals surface area contributed by atoms with Crippen LogP contribution in [0.2, 0.25) is 0 Å². The van der Waals surface area contributed by atoms with Crippen molar-refractivity contribution in [2.75, 3.05) is 11.6 Å². The normalized spacial score (nSPS) is 18.5. The van der Waals surface area contributed by atoms with Crippen LogP contribution in [-0.2, 0) is 0 Å². The summed E-state index contributed by atoms with van der Waals surface area (Å²) in [6.45, 7) is 0.808. The van der Waals surface area contributed by atoms with Gasteiger partial charge in [0.1, 0.15) is 5.17 Å². The van der Waals surface area contributed by atoms with Crippen molar-refractivity contribution in [2.45, 2.75) is 11.3 Å². The van der Waals surface area contributed by atoms with E-state index >= 15 is 0 Å². The topological polar surface area (TPSA) is 32.7 Å². The van der Waals surface area contributed by atoms with Crippen LogP contribution in [0, 0.1) is 0 Å².